The Morgan fingerprint density at radius 2 is 2.19 bits per heavy atom. The maximum Gasteiger partial charge on any atom is 0.0664 e. The number of hydrogen-bond donors (Lipinski definition) is 2. The van der Waals surface area contributed by atoms with Crippen molar-refractivity contribution in [3.63, 3.8) is 0 Å². The van der Waals surface area contributed by atoms with Crippen LogP contribution in [0.2, 0.25) is 0 Å². The van der Waals surface area contributed by atoms with Gasteiger partial charge in [-0.1, -0.05) is 20.3 Å². The van der Waals surface area contributed by atoms with E-state index in [1.165, 1.54) is 25.7 Å². The van der Waals surface area contributed by atoms with Crippen molar-refractivity contribution in [2.75, 3.05) is 26.2 Å². The Kier molecular flexibility index (Phi) is 7.01. The topological polar surface area (TPSA) is 35.5 Å². The van der Waals surface area contributed by atoms with E-state index in [2.05, 4.69) is 24.1 Å². The lowest BCUT2D eigenvalue weighted by Gasteiger charge is -2.37. The molecule has 2 unspecified atom stereocenters. The summed E-state index contributed by atoms with van der Waals surface area (Å²) in [6.45, 7) is 8.47. The van der Waals surface area contributed by atoms with Crippen molar-refractivity contribution in [1.82, 2.24) is 10.2 Å². The van der Waals surface area contributed by atoms with Crippen molar-refractivity contribution < 1.29 is 5.11 Å². The highest BCUT2D eigenvalue weighted by molar-refractivity contribution is 4.80. The molecule has 1 fully saturated rings. The Labute approximate surface area is 100 Å². The number of rotatable bonds is 7. The van der Waals surface area contributed by atoms with E-state index in [-0.39, 0.29) is 6.10 Å². The van der Waals surface area contributed by atoms with Crippen molar-refractivity contribution in [2.45, 2.75) is 58.1 Å². The van der Waals surface area contributed by atoms with Crippen LogP contribution in [0.15, 0.2) is 0 Å². The molecule has 1 aliphatic rings. The lowest BCUT2D eigenvalue weighted by atomic mass is 10.0. The third kappa shape index (κ3) is 4.81. The van der Waals surface area contributed by atoms with E-state index in [4.69, 9.17) is 0 Å². The molecule has 0 aliphatic carbocycles. The first-order valence-corrected chi connectivity index (χ1v) is 6.90. The predicted octanol–water partition coefficient (Wildman–Crippen LogP) is 1.61. The van der Waals surface area contributed by atoms with Gasteiger partial charge in [0.1, 0.15) is 0 Å². The van der Waals surface area contributed by atoms with Crippen molar-refractivity contribution >= 4 is 0 Å². The second kappa shape index (κ2) is 8.04. The Balaban J connectivity index is 2.31. The number of nitrogens with zero attached hydrogens (tertiary/aromatic N) is 1. The zero-order chi connectivity index (χ0) is 11.8. The Morgan fingerprint density at radius 1 is 1.38 bits per heavy atom. The molecule has 0 aromatic rings. The molecule has 0 amide bonds. The second-order valence-electron chi connectivity index (χ2n) is 4.91. The van der Waals surface area contributed by atoms with Crippen LogP contribution in [-0.2, 0) is 0 Å². The standard InChI is InChI=1S/C13H28N2O/c1-3-8-14-10-12-7-5-6-9-15(12)11-13(16)4-2/h12-14,16H,3-11H2,1-2H3. The van der Waals surface area contributed by atoms with Gasteiger partial charge in [0.05, 0.1) is 6.10 Å². The van der Waals surface area contributed by atoms with Gasteiger partial charge in [-0.05, 0) is 38.8 Å². The van der Waals surface area contributed by atoms with E-state index >= 15 is 0 Å². The molecule has 1 rings (SSSR count). The summed E-state index contributed by atoms with van der Waals surface area (Å²) in [5.74, 6) is 0. The first kappa shape index (κ1) is 13.9. The maximum absolute atomic E-state index is 9.74. The molecular weight excluding hydrogens is 200 g/mol. The van der Waals surface area contributed by atoms with E-state index in [1.54, 1.807) is 0 Å². The second-order valence-corrected chi connectivity index (χ2v) is 4.91. The smallest absolute Gasteiger partial charge is 0.0664 e. The molecule has 1 aliphatic heterocycles. The third-order valence-electron chi connectivity index (χ3n) is 3.47. The average molecular weight is 228 g/mol. The van der Waals surface area contributed by atoms with Gasteiger partial charge in [-0.2, -0.15) is 0 Å². The first-order valence-electron chi connectivity index (χ1n) is 6.90. The Bertz CT molecular complexity index is 175. The number of hydrogen-bond acceptors (Lipinski definition) is 3. The van der Waals surface area contributed by atoms with E-state index in [0.717, 1.165) is 32.6 Å². The molecule has 1 heterocycles. The fourth-order valence-corrected chi connectivity index (χ4v) is 2.38. The zero-order valence-electron chi connectivity index (χ0n) is 10.9. The first-order chi connectivity index (χ1) is 7.77. The molecule has 1 saturated heterocycles. The van der Waals surface area contributed by atoms with Gasteiger partial charge in [-0.25, -0.2) is 0 Å². The number of piperidine rings is 1. The van der Waals surface area contributed by atoms with E-state index in [1.807, 2.05) is 0 Å². The summed E-state index contributed by atoms with van der Waals surface area (Å²) in [5, 5.41) is 13.2. The quantitative estimate of drug-likeness (QED) is 0.650. The molecule has 3 heteroatoms. The van der Waals surface area contributed by atoms with Crippen molar-refractivity contribution in [3.05, 3.63) is 0 Å². The minimum Gasteiger partial charge on any atom is -0.392 e. The predicted molar refractivity (Wildman–Crippen MR) is 68.7 cm³/mol. The summed E-state index contributed by atoms with van der Waals surface area (Å²) in [5.41, 5.74) is 0. The molecule has 0 aromatic carbocycles. The van der Waals surface area contributed by atoms with Crippen molar-refractivity contribution in [1.29, 1.82) is 0 Å². The summed E-state index contributed by atoms with van der Waals surface area (Å²) >= 11 is 0. The maximum atomic E-state index is 9.74. The number of nitrogens with one attached hydrogen (secondary N) is 1. The lowest BCUT2D eigenvalue weighted by molar-refractivity contribution is 0.0653. The molecule has 0 spiro atoms. The zero-order valence-corrected chi connectivity index (χ0v) is 10.9. The van der Waals surface area contributed by atoms with Gasteiger partial charge >= 0.3 is 0 Å². The molecule has 2 atom stereocenters. The molecular formula is C13H28N2O. The van der Waals surface area contributed by atoms with Crippen LogP contribution in [0.5, 0.6) is 0 Å². The van der Waals surface area contributed by atoms with Crippen LogP contribution >= 0.6 is 0 Å². The van der Waals surface area contributed by atoms with Gasteiger partial charge in [0.25, 0.3) is 0 Å². The molecule has 96 valence electrons. The highest BCUT2D eigenvalue weighted by atomic mass is 16.3. The molecule has 0 radical (unpaired) electrons. The van der Waals surface area contributed by atoms with Gasteiger partial charge in [0.15, 0.2) is 0 Å². The van der Waals surface area contributed by atoms with Crippen LogP contribution in [0.4, 0.5) is 0 Å². The molecule has 3 nitrogen and oxygen atoms in total. The molecule has 0 saturated carbocycles. The molecule has 2 N–H and O–H groups in total. The van der Waals surface area contributed by atoms with E-state index in [0.29, 0.717) is 6.04 Å². The number of aliphatic hydroxyl groups excluding tert-OH is 1. The number of likely N-dealkylation sites (tertiary alicyclic amines) is 1. The van der Waals surface area contributed by atoms with Crippen LogP contribution in [0.1, 0.15) is 46.0 Å². The largest absolute Gasteiger partial charge is 0.392 e. The van der Waals surface area contributed by atoms with Gasteiger partial charge in [0, 0.05) is 19.1 Å². The van der Waals surface area contributed by atoms with E-state index < -0.39 is 0 Å². The normalized spacial score (nSPS) is 24.6. The van der Waals surface area contributed by atoms with Gasteiger partial charge in [-0.3, -0.25) is 4.90 Å². The van der Waals surface area contributed by atoms with Crippen LogP contribution in [0.3, 0.4) is 0 Å². The van der Waals surface area contributed by atoms with Crippen molar-refractivity contribution in [3.8, 4) is 0 Å². The SMILES string of the molecule is CCCNCC1CCCCN1CC(O)CC. The van der Waals surface area contributed by atoms with Gasteiger partial charge in [-0.15, -0.1) is 0 Å². The average Bonchev–Trinajstić information content (AvgIpc) is 2.31. The summed E-state index contributed by atoms with van der Waals surface area (Å²) < 4.78 is 0. The summed E-state index contributed by atoms with van der Waals surface area (Å²) in [7, 11) is 0. The van der Waals surface area contributed by atoms with Crippen LogP contribution in [0.25, 0.3) is 0 Å². The van der Waals surface area contributed by atoms with E-state index in [9.17, 15) is 5.11 Å². The third-order valence-corrected chi connectivity index (χ3v) is 3.47. The Hall–Kier alpha value is -0.120. The summed E-state index contributed by atoms with van der Waals surface area (Å²) in [6.07, 6.45) is 5.84. The fourth-order valence-electron chi connectivity index (χ4n) is 2.38. The van der Waals surface area contributed by atoms with Crippen LogP contribution in [0, 0.1) is 0 Å². The summed E-state index contributed by atoms with van der Waals surface area (Å²) in [6, 6.07) is 0.640. The highest BCUT2D eigenvalue weighted by Crippen LogP contribution is 2.17. The number of aliphatic hydroxyl groups is 1. The number of β-amino-alcohol motifs (C(OH)–C–C–N with tert-alkyl or cyclic N) is 1. The van der Waals surface area contributed by atoms with Crippen molar-refractivity contribution in [2.24, 2.45) is 0 Å². The molecule has 16 heavy (non-hydrogen) atoms. The minimum absolute atomic E-state index is 0.147. The highest BCUT2D eigenvalue weighted by Gasteiger charge is 2.23. The van der Waals surface area contributed by atoms with Gasteiger partial charge < -0.3 is 10.4 Å². The van der Waals surface area contributed by atoms with Crippen LogP contribution in [-0.4, -0.2) is 48.3 Å². The Morgan fingerprint density at radius 3 is 2.88 bits per heavy atom. The van der Waals surface area contributed by atoms with Crippen LogP contribution < -0.4 is 5.32 Å². The monoisotopic (exact) mass is 228 g/mol. The molecule has 0 bridgehead atoms. The summed E-state index contributed by atoms with van der Waals surface area (Å²) in [4.78, 5) is 2.47. The van der Waals surface area contributed by atoms with Gasteiger partial charge in [0.2, 0.25) is 0 Å². The fraction of sp³-hybridized carbons (Fsp3) is 1.00. The lowest BCUT2D eigenvalue weighted by Crippen LogP contribution is -2.48. The minimum atomic E-state index is -0.147. The molecule has 0 aromatic heterocycles.